The number of carbonyl (C=O) groups is 2. The van der Waals surface area contributed by atoms with Crippen LogP contribution < -0.4 is 5.32 Å². The van der Waals surface area contributed by atoms with E-state index in [4.69, 9.17) is 4.98 Å². The molecule has 7 nitrogen and oxygen atoms in total. The highest BCUT2D eigenvalue weighted by Gasteiger charge is 2.29. The van der Waals surface area contributed by atoms with Gasteiger partial charge in [0.1, 0.15) is 5.82 Å². The molecule has 0 unspecified atom stereocenters. The molecule has 2 fully saturated rings. The Morgan fingerprint density at radius 1 is 1.15 bits per heavy atom. The summed E-state index contributed by atoms with van der Waals surface area (Å²) in [5.74, 6) is 0.763. The number of likely N-dealkylation sites (tertiary alicyclic amines) is 2. The van der Waals surface area contributed by atoms with Gasteiger partial charge in [-0.3, -0.25) is 14.6 Å². The summed E-state index contributed by atoms with van der Waals surface area (Å²) in [5, 5.41) is 3.43. The quantitative estimate of drug-likeness (QED) is 0.819. The first kappa shape index (κ1) is 17.7. The van der Waals surface area contributed by atoms with E-state index in [-0.39, 0.29) is 17.9 Å². The van der Waals surface area contributed by atoms with Crippen molar-refractivity contribution in [3.63, 3.8) is 0 Å². The molecule has 7 heteroatoms. The van der Waals surface area contributed by atoms with Crippen LogP contribution in [0.25, 0.3) is 5.57 Å². The summed E-state index contributed by atoms with van der Waals surface area (Å²) in [6, 6.07) is 0.245. The third kappa shape index (κ3) is 3.59. The summed E-state index contributed by atoms with van der Waals surface area (Å²) in [6.07, 6.45) is 9.59. The number of amides is 2. The molecule has 0 spiro atoms. The topological polar surface area (TPSA) is 78.4 Å². The highest BCUT2D eigenvalue weighted by Crippen LogP contribution is 2.28. The highest BCUT2D eigenvalue weighted by atomic mass is 16.2. The lowest BCUT2D eigenvalue weighted by molar-refractivity contribution is -0.127. The predicted molar refractivity (Wildman–Crippen MR) is 103 cm³/mol. The average Bonchev–Trinajstić information content (AvgIpc) is 3.37. The van der Waals surface area contributed by atoms with Gasteiger partial charge in [-0.25, -0.2) is 4.98 Å². The fourth-order valence-electron chi connectivity index (χ4n) is 4.01. The first-order valence-corrected chi connectivity index (χ1v) is 9.69. The van der Waals surface area contributed by atoms with E-state index in [9.17, 15) is 9.59 Å². The van der Waals surface area contributed by atoms with Crippen LogP contribution in [0.4, 0.5) is 5.82 Å². The molecule has 0 bridgehead atoms. The van der Waals surface area contributed by atoms with E-state index in [1.807, 2.05) is 15.9 Å². The van der Waals surface area contributed by atoms with Crippen LogP contribution in [0.3, 0.4) is 0 Å². The Morgan fingerprint density at radius 2 is 1.89 bits per heavy atom. The Morgan fingerprint density at radius 3 is 2.59 bits per heavy atom. The van der Waals surface area contributed by atoms with Crippen molar-refractivity contribution in [3.05, 3.63) is 36.3 Å². The lowest BCUT2D eigenvalue weighted by Gasteiger charge is -2.32. The number of hydrogen-bond donors (Lipinski definition) is 1. The third-order valence-corrected chi connectivity index (χ3v) is 5.56. The zero-order valence-electron chi connectivity index (χ0n) is 15.5. The van der Waals surface area contributed by atoms with Crippen LogP contribution in [-0.4, -0.2) is 63.8 Å². The Kier molecular flexibility index (Phi) is 4.92. The minimum Gasteiger partial charge on any atom is -0.366 e. The number of aromatic nitrogens is 2. The van der Waals surface area contributed by atoms with Crippen LogP contribution in [0.1, 0.15) is 37.1 Å². The summed E-state index contributed by atoms with van der Waals surface area (Å²) in [7, 11) is 0. The molecular weight excluding hydrogens is 342 g/mol. The van der Waals surface area contributed by atoms with Crippen LogP contribution in [0.5, 0.6) is 0 Å². The number of allylic oxidation sites excluding steroid dienone is 1. The van der Waals surface area contributed by atoms with Crippen LogP contribution >= 0.6 is 0 Å². The van der Waals surface area contributed by atoms with Crippen molar-refractivity contribution in [2.45, 2.75) is 38.1 Å². The molecule has 1 aliphatic carbocycles. The fraction of sp³-hybridized carbons (Fsp3) is 0.500. The van der Waals surface area contributed by atoms with Crippen LogP contribution in [0.2, 0.25) is 0 Å². The maximum atomic E-state index is 12.8. The number of carbonyl (C=O) groups excluding carboxylic acids is 2. The van der Waals surface area contributed by atoms with Gasteiger partial charge in [0.2, 0.25) is 5.91 Å². The zero-order valence-corrected chi connectivity index (χ0v) is 15.5. The molecule has 142 valence electrons. The Bertz CT molecular complexity index is 790. The van der Waals surface area contributed by atoms with Gasteiger partial charge >= 0.3 is 0 Å². The molecule has 1 N–H and O–H groups in total. The van der Waals surface area contributed by atoms with Gasteiger partial charge < -0.3 is 15.1 Å². The van der Waals surface area contributed by atoms with E-state index in [2.05, 4.69) is 16.9 Å². The number of rotatable bonds is 4. The van der Waals surface area contributed by atoms with Crippen molar-refractivity contribution in [1.82, 2.24) is 19.8 Å². The van der Waals surface area contributed by atoms with Crippen molar-refractivity contribution < 1.29 is 9.59 Å². The van der Waals surface area contributed by atoms with Gasteiger partial charge in [-0.2, -0.15) is 0 Å². The molecule has 1 aromatic rings. The molecular formula is C20H25N5O2. The van der Waals surface area contributed by atoms with E-state index in [1.165, 1.54) is 6.08 Å². The second-order valence-electron chi connectivity index (χ2n) is 7.32. The monoisotopic (exact) mass is 367 g/mol. The molecule has 0 radical (unpaired) electrons. The second kappa shape index (κ2) is 7.50. The van der Waals surface area contributed by atoms with Gasteiger partial charge in [0.15, 0.2) is 0 Å². The van der Waals surface area contributed by atoms with Crippen molar-refractivity contribution in [2.75, 3.05) is 31.5 Å². The largest absolute Gasteiger partial charge is 0.366 e. The lowest BCUT2D eigenvalue weighted by atomic mass is 10.1. The molecule has 2 amide bonds. The Balaban J connectivity index is 1.42. The lowest BCUT2D eigenvalue weighted by Crippen LogP contribution is -2.41. The van der Waals surface area contributed by atoms with Gasteiger partial charge in [0.25, 0.3) is 5.91 Å². The molecule has 0 aromatic carbocycles. The van der Waals surface area contributed by atoms with Gasteiger partial charge in [-0.15, -0.1) is 0 Å². The summed E-state index contributed by atoms with van der Waals surface area (Å²) < 4.78 is 0. The Hall–Kier alpha value is -2.70. The predicted octanol–water partition coefficient (Wildman–Crippen LogP) is 1.63. The molecule has 27 heavy (non-hydrogen) atoms. The maximum absolute atomic E-state index is 12.8. The smallest absolute Gasteiger partial charge is 0.255 e. The second-order valence-corrected chi connectivity index (χ2v) is 7.32. The van der Waals surface area contributed by atoms with Crippen LogP contribution in [-0.2, 0) is 16.0 Å². The normalized spacial score (nSPS) is 19.6. The van der Waals surface area contributed by atoms with Crippen molar-refractivity contribution in [2.24, 2.45) is 0 Å². The molecule has 4 rings (SSSR count). The number of hydrogen-bond acceptors (Lipinski definition) is 5. The first-order valence-electron chi connectivity index (χ1n) is 9.69. The average molecular weight is 367 g/mol. The van der Waals surface area contributed by atoms with E-state index >= 15 is 0 Å². The minimum absolute atomic E-state index is 0.0130. The fourth-order valence-corrected chi connectivity index (χ4v) is 4.01. The molecule has 2 aliphatic heterocycles. The number of nitrogens with one attached hydrogen (secondary N) is 1. The SMILES string of the molecule is C=CC(=O)N1CCC(Nc2cnc3c(n2)C(C(=O)N2CCCC2)=CC3)CC1. The summed E-state index contributed by atoms with van der Waals surface area (Å²) in [5.41, 5.74) is 2.28. The Labute approximate surface area is 159 Å². The molecule has 2 saturated heterocycles. The summed E-state index contributed by atoms with van der Waals surface area (Å²) in [4.78, 5) is 37.4. The van der Waals surface area contributed by atoms with Crippen molar-refractivity contribution in [3.8, 4) is 0 Å². The molecule has 1 aromatic heterocycles. The van der Waals surface area contributed by atoms with Crippen LogP contribution in [0, 0.1) is 0 Å². The summed E-state index contributed by atoms with van der Waals surface area (Å²) >= 11 is 0. The summed E-state index contributed by atoms with van der Waals surface area (Å²) in [6.45, 7) is 6.62. The van der Waals surface area contributed by atoms with Gasteiger partial charge in [-0.05, 0) is 31.8 Å². The highest BCUT2D eigenvalue weighted by molar-refractivity contribution is 6.20. The molecule has 3 heterocycles. The number of anilines is 1. The number of fused-ring (bicyclic) bond motifs is 1. The van der Waals surface area contributed by atoms with E-state index in [0.29, 0.717) is 30.9 Å². The minimum atomic E-state index is -0.0130. The van der Waals surface area contributed by atoms with E-state index < -0.39 is 0 Å². The van der Waals surface area contributed by atoms with Crippen molar-refractivity contribution in [1.29, 1.82) is 0 Å². The maximum Gasteiger partial charge on any atom is 0.255 e. The number of nitrogens with zero attached hydrogens (tertiary/aromatic N) is 4. The van der Waals surface area contributed by atoms with E-state index in [1.54, 1.807) is 6.20 Å². The van der Waals surface area contributed by atoms with Gasteiger partial charge in [0.05, 0.1) is 23.2 Å². The third-order valence-electron chi connectivity index (χ3n) is 5.56. The standard InChI is InChI=1S/C20H25N5O2/c1-2-18(26)24-11-7-14(8-12-24)22-17-13-21-16-6-5-15(19(16)23-17)20(27)25-9-3-4-10-25/h2,5,13-14H,1,3-4,6-12H2,(H,22,23). The van der Waals surface area contributed by atoms with Gasteiger partial charge in [-0.1, -0.05) is 12.7 Å². The van der Waals surface area contributed by atoms with Gasteiger partial charge in [0, 0.05) is 38.6 Å². The molecule has 0 saturated carbocycles. The number of piperidine rings is 1. The molecule has 3 aliphatic rings. The van der Waals surface area contributed by atoms with Crippen molar-refractivity contribution >= 4 is 23.2 Å². The van der Waals surface area contributed by atoms with Crippen LogP contribution in [0.15, 0.2) is 24.9 Å². The zero-order chi connectivity index (χ0) is 18.8. The van der Waals surface area contributed by atoms with E-state index in [0.717, 1.165) is 50.2 Å². The molecule has 0 atom stereocenters. The first-order chi connectivity index (χ1) is 13.2.